The summed E-state index contributed by atoms with van der Waals surface area (Å²) in [7, 11) is -4.23. The normalized spacial score (nSPS) is 19.8. The molecule has 29 heavy (non-hydrogen) atoms. The van der Waals surface area contributed by atoms with E-state index in [1.54, 1.807) is 0 Å². The van der Waals surface area contributed by atoms with Crippen LogP contribution in [0.15, 0.2) is 59.5 Å². The molecule has 0 unspecified atom stereocenters. The van der Waals surface area contributed by atoms with Crippen LogP contribution in [0.1, 0.15) is 30.4 Å². The molecule has 1 fully saturated rings. The number of rotatable bonds is 6. The molecular formula is C20H19F3O5S. The van der Waals surface area contributed by atoms with Crippen LogP contribution in [-0.4, -0.2) is 20.5 Å². The third-order valence-corrected chi connectivity index (χ3v) is 6.05. The van der Waals surface area contributed by atoms with E-state index in [1.165, 1.54) is 0 Å². The Morgan fingerprint density at radius 1 is 1.00 bits per heavy atom. The molecule has 2 atom stereocenters. The first kappa shape index (κ1) is 21.3. The van der Waals surface area contributed by atoms with Gasteiger partial charge in [-0.25, -0.2) is 0 Å². The number of ether oxygens (including phenoxy) is 1. The standard InChI is InChI=1S/C20H19F3O5S/c21-20(22,23)16-7-10-18(11-8-16)29(25,26)28-17-9-6-15(12-17)19(24)27-13-14-4-2-1-3-5-14/h1-5,7-8,10-11,15,17H,6,9,12-13H2/t15-,17+/m0/s1. The molecule has 1 aliphatic rings. The highest BCUT2D eigenvalue weighted by Crippen LogP contribution is 2.33. The van der Waals surface area contributed by atoms with E-state index < -0.39 is 39.8 Å². The molecule has 0 aromatic heterocycles. The van der Waals surface area contributed by atoms with Crippen molar-refractivity contribution in [3.63, 3.8) is 0 Å². The Kier molecular flexibility index (Phi) is 6.28. The summed E-state index contributed by atoms with van der Waals surface area (Å²) in [5.74, 6) is -0.904. The Morgan fingerprint density at radius 3 is 2.28 bits per heavy atom. The highest BCUT2D eigenvalue weighted by molar-refractivity contribution is 7.86. The number of benzene rings is 2. The zero-order valence-corrected chi connectivity index (χ0v) is 16.1. The smallest absolute Gasteiger partial charge is 0.416 e. The Balaban J connectivity index is 1.55. The summed E-state index contributed by atoms with van der Waals surface area (Å²) in [5, 5.41) is 0. The van der Waals surface area contributed by atoms with Gasteiger partial charge in [-0.3, -0.25) is 8.98 Å². The van der Waals surface area contributed by atoms with Gasteiger partial charge in [-0.2, -0.15) is 21.6 Å². The maximum Gasteiger partial charge on any atom is 0.416 e. The van der Waals surface area contributed by atoms with E-state index in [4.69, 9.17) is 8.92 Å². The largest absolute Gasteiger partial charge is 0.461 e. The minimum Gasteiger partial charge on any atom is -0.461 e. The highest BCUT2D eigenvalue weighted by Gasteiger charge is 2.35. The van der Waals surface area contributed by atoms with Crippen LogP contribution in [0, 0.1) is 5.92 Å². The van der Waals surface area contributed by atoms with Crippen molar-refractivity contribution in [2.24, 2.45) is 5.92 Å². The number of alkyl halides is 3. The Labute approximate surface area is 166 Å². The zero-order chi connectivity index (χ0) is 21.1. The van der Waals surface area contributed by atoms with Crippen LogP contribution in [0.4, 0.5) is 13.2 Å². The maximum atomic E-state index is 12.6. The quantitative estimate of drug-likeness (QED) is 0.506. The Bertz CT molecular complexity index is 940. The van der Waals surface area contributed by atoms with E-state index >= 15 is 0 Å². The van der Waals surface area contributed by atoms with Gasteiger partial charge in [0.15, 0.2) is 0 Å². The van der Waals surface area contributed by atoms with Crippen molar-refractivity contribution in [3.05, 3.63) is 65.7 Å². The Morgan fingerprint density at radius 2 is 1.66 bits per heavy atom. The first-order valence-electron chi connectivity index (χ1n) is 8.96. The van der Waals surface area contributed by atoms with Gasteiger partial charge in [0.25, 0.3) is 10.1 Å². The van der Waals surface area contributed by atoms with Gasteiger partial charge in [0.1, 0.15) is 6.61 Å². The molecule has 9 heteroatoms. The predicted octanol–water partition coefficient (Wildman–Crippen LogP) is 4.32. The Hall–Kier alpha value is -2.39. The third kappa shape index (κ3) is 5.57. The summed E-state index contributed by atoms with van der Waals surface area (Å²) in [6, 6.07) is 12.3. The summed E-state index contributed by atoms with van der Waals surface area (Å²) >= 11 is 0. The summed E-state index contributed by atoms with van der Waals surface area (Å²) in [5.41, 5.74) is -0.102. The van der Waals surface area contributed by atoms with E-state index in [-0.39, 0.29) is 17.9 Å². The summed E-state index contributed by atoms with van der Waals surface area (Å²) in [4.78, 5) is 11.8. The second kappa shape index (κ2) is 8.54. The van der Waals surface area contributed by atoms with Crippen molar-refractivity contribution in [2.45, 2.75) is 43.0 Å². The molecule has 0 radical (unpaired) electrons. The van der Waals surface area contributed by atoms with Crippen LogP contribution in [0.2, 0.25) is 0 Å². The first-order chi connectivity index (χ1) is 13.6. The van der Waals surface area contributed by atoms with Crippen LogP contribution in [0.25, 0.3) is 0 Å². The average Bonchev–Trinajstić information content (AvgIpc) is 3.14. The fourth-order valence-corrected chi connectivity index (χ4v) is 4.25. The molecular weight excluding hydrogens is 409 g/mol. The van der Waals surface area contributed by atoms with E-state index in [1.807, 2.05) is 30.3 Å². The van der Waals surface area contributed by atoms with Gasteiger partial charge in [-0.1, -0.05) is 30.3 Å². The summed E-state index contributed by atoms with van der Waals surface area (Å²) in [6.45, 7) is 0.131. The second-order valence-corrected chi connectivity index (χ2v) is 8.37. The molecule has 0 saturated heterocycles. The molecule has 0 bridgehead atoms. The molecule has 3 rings (SSSR count). The number of hydrogen-bond acceptors (Lipinski definition) is 5. The van der Waals surface area contributed by atoms with E-state index in [0.717, 1.165) is 17.7 Å². The minimum atomic E-state index is -4.55. The fourth-order valence-electron chi connectivity index (χ4n) is 3.13. The van der Waals surface area contributed by atoms with Crippen LogP contribution < -0.4 is 0 Å². The van der Waals surface area contributed by atoms with Gasteiger partial charge in [0.2, 0.25) is 0 Å². The lowest BCUT2D eigenvalue weighted by atomic mass is 10.1. The molecule has 1 saturated carbocycles. The highest BCUT2D eigenvalue weighted by atomic mass is 32.2. The molecule has 1 aliphatic carbocycles. The van der Waals surface area contributed by atoms with E-state index in [9.17, 15) is 26.4 Å². The van der Waals surface area contributed by atoms with Crippen LogP contribution in [-0.2, 0) is 36.6 Å². The predicted molar refractivity (Wildman–Crippen MR) is 97.1 cm³/mol. The van der Waals surface area contributed by atoms with Gasteiger partial charge in [-0.15, -0.1) is 0 Å². The molecule has 5 nitrogen and oxygen atoms in total. The summed E-state index contributed by atoms with van der Waals surface area (Å²) < 4.78 is 72.9. The van der Waals surface area contributed by atoms with Crippen LogP contribution in [0.5, 0.6) is 0 Å². The van der Waals surface area contributed by atoms with Crippen LogP contribution in [0.3, 0.4) is 0 Å². The molecule has 2 aromatic carbocycles. The van der Waals surface area contributed by atoms with Gasteiger partial charge >= 0.3 is 12.1 Å². The number of esters is 1. The fraction of sp³-hybridized carbons (Fsp3) is 0.350. The molecule has 0 heterocycles. The monoisotopic (exact) mass is 428 g/mol. The number of hydrogen-bond donors (Lipinski definition) is 0. The maximum absolute atomic E-state index is 12.6. The lowest BCUT2D eigenvalue weighted by Gasteiger charge is -2.13. The minimum absolute atomic E-state index is 0.131. The zero-order valence-electron chi connectivity index (χ0n) is 15.3. The van der Waals surface area contributed by atoms with Crippen molar-refractivity contribution in [2.75, 3.05) is 0 Å². The van der Waals surface area contributed by atoms with Crippen molar-refractivity contribution < 1.29 is 35.3 Å². The third-order valence-electron chi connectivity index (χ3n) is 4.67. The number of carbonyl (C=O) groups excluding carboxylic acids is 1. The number of carbonyl (C=O) groups is 1. The van der Waals surface area contributed by atoms with Crippen molar-refractivity contribution in [1.29, 1.82) is 0 Å². The van der Waals surface area contributed by atoms with Crippen molar-refractivity contribution in [1.82, 2.24) is 0 Å². The van der Waals surface area contributed by atoms with E-state index in [2.05, 4.69) is 0 Å². The average molecular weight is 428 g/mol. The van der Waals surface area contributed by atoms with Gasteiger partial charge in [0.05, 0.1) is 22.5 Å². The lowest BCUT2D eigenvalue weighted by molar-refractivity contribution is -0.149. The second-order valence-electron chi connectivity index (χ2n) is 6.80. The molecule has 0 amide bonds. The molecule has 0 spiro atoms. The van der Waals surface area contributed by atoms with Crippen LogP contribution >= 0.6 is 0 Å². The van der Waals surface area contributed by atoms with Gasteiger partial charge in [-0.05, 0) is 49.1 Å². The SMILES string of the molecule is O=C(OCc1ccccc1)[C@H]1CC[C@@H](OS(=O)(=O)c2ccc(C(F)(F)F)cc2)C1. The molecule has 2 aromatic rings. The van der Waals surface area contributed by atoms with Gasteiger partial charge in [0, 0.05) is 0 Å². The topological polar surface area (TPSA) is 69.7 Å². The summed E-state index contributed by atoms with van der Waals surface area (Å²) in [6.07, 6.45) is -4.35. The van der Waals surface area contributed by atoms with Gasteiger partial charge < -0.3 is 4.74 Å². The number of halogens is 3. The molecule has 0 N–H and O–H groups in total. The first-order valence-corrected chi connectivity index (χ1v) is 10.4. The van der Waals surface area contributed by atoms with Crippen molar-refractivity contribution >= 4 is 16.1 Å². The van der Waals surface area contributed by atoms with Crippen molar-refractivity contribution in [3.8, 4) is 0 Å². The lowest BCUT2D eigenvalue weighted by Crippen LogP contribution is -2.19. The molecule has 156 valence electrons. The molecule has 0 aliphatic heterocycles. The van der Waals surface area contributed by atoms with E-state index in [0.29, 0.717) is 25.0 Å².